The van der Waals surface area contributed by atoms with Crippen LogP contribution in [0.2, 0.25) is 0 Å². The third-order valence-electron chi connectivity index (χ3n) is 3.29. The van der Waals surface area contributed by atoms with Gasteiger partial charge in [0.25, 0.3) is 0 Å². The topological polar surface area (TPSA) is 80.9 Å². The van der Waals surface area contributed by atoms with Crippen LogP contribution in [0.3, 0.4) is 0 Å². The molecule has 1 aliphatic rings. The van der Waals surface area contributed by atoms with E-state index in [4.69, 9.17) is 5.73 Å². The largest absolute Gasteiger partial charge is 0.369 e. The van der Waals surface area contributed by atoms with Crippen molar-refractivity contribution in [2.24, 2.45) is 11.7 Å². The fraction of sp³-hybridized carbons (Fsp3) is 0.583. The van der Waals surface area contributed by atoms with Crippen molar-refractivity contribution in [1.29, 1.82) is 0 Å². The normalized spacial score (nSPS) is 24.3. The van der Waals surface area contributed by atoms with Gasteiger partial charge in [-0.1, -0.05) is 0 Å². The van der Waals surface area contributed by atoms with Crippen LogP contribution < -0.4 is 11.1 Å². The highest BCUT2D eigenvalue weighted by atomic mass is 16.1. The highest BCUT2D eigenvalue weighted by molar-refractivity contribution is 5.76. The number of carbonyl (C=O) groups excluding carboxylic acids is 1. The minimum atomic E-state index is -0.165. The number of aromatic nitrogens is 2. The molecule has 0 spiro atoms. The monoisotopic (exact) mass is 234 g/mol. The Morgan fingerprint density at radius 3 is 2.65 bits per heavy atom. The van der Waals surface area contributed by atoms with Crippen molar-refractivity contribution in [3.63, 3.8) is 0 Å². The number of hydrogen-bond donors (Lipinski definition) is 2. The second kappa shape index (κ2) is 5.12. The van der Waals surface area contributed by atoms with E-state index in [1.54, 1.807) is 6.33 Å². The maximum Gasteiger partial charge on any atom is 0.220 e. The highest BCUT2D eigenvalue weighted by Gasteiger charge is 2.24. The Kier molecular flexibility index (Phi) is 3.56. The zero-order chi connectivity index (χ0) is 12.3. The first kappa shape index (κ1) is 11.8. The summed E-state index contributed by atoms with van der Waals surface area (Å²) in [6, 6.07) is 2.32. The van der Waals surface area contributed by atoms with Gasteiger partial charge >= 0.3 is 0 Å². The van der Waals surface area contributed by atoms with Crippen molar-refractivity contribution in [3.8, 4) is 0 Å². The van der Waals surface area contributed by atoms with E-state index in [2.05, 4.69) is 15.3 Å². The van der Waals surface area contributed by atoms with Crippen LogP contribution in [0.1, 0.15) is 31.4 Å². The summed E-state index contributed by atoms with van der Waals surface area (Å²) in [6.45, 7) is 1.94. The van der Waals surface area contributed by atoms with Gasteiger partial charge in [0.1, 0.15) is 12.1 Å². The Labute approximate surface area is 101 Å². The summed E-state index contributed by atoms with van der Waals surface area (Å²) in [5.74, 6) is 0.751. The van der Waals surface area contributed by atoms with Crippen molar-refractivity contribution in [1.82, 2.24) is 9.97 Å². The first-order valence-corrected chi connectivity index (χ1v) is 5.99. The molecular formula is C12H18N4O. The van der Waals surface area contributed by atoms with Gasteiger partial charge in [-0.25, -0.2) is 9.97 Å². The molecule has 1 aromatic rings. The van der Waals surface area contributed by atoms with Gasteiger partial charge in [0, 0.05) is 23.7 Å². The number of rotatable bonds is 3. The van der Waals surface area contributed by atoms with E-state index < -0.39 is 0 Å². The van der Waals surface area contributed by atoms with Crippen LogP contribution in [0.4, 0.5) is 5.82 Å². The van der Waals surface area contributed by atoms with E-state index in [0.29, 0.717) is 6.04 Å². The van der Waals surface area contributed by atoms with Crippen molar-refractivity contribution in [2.75, 3.05) is 5.32 Å². The summed E-state index contributed by atoms with van der Waals surface area (Å²) in [4.78, 5) is 19.3. The number of carbonyl (C=O) groups is 1. The van der Waals surface area contributed by atoms with Crippen LogP contribution in [-0.2, 0) is 4.79 Å². The standard InChI is InChI=1S/C12H18N4O/c1-8-6-11(15-7-14-8)16-10-4-2-9(3-5-10)12(13)17/h6-7,9-10H,2-5H2,1H3,(H2,13,17)(H,14,15,16)/t9-,10+. The third-order valence-corrected chi connectivity index (χ3v) is 3.29. The number of primary amides is 1. The molecule has 1 amide bonds. The van der Waals surface area contributed by atoms with Crippen LogP contribution in [-0.4, -0.2) is 21.9 Å². The predicted octanol–water partition coefficient (Wildman–Crippen LogP) is 1.24. The second-order valence-corrected chi connectivity index (χ2v) is 4.64. The predicted molar refractivity (Wildman–Crippen MR) is 65.3 cm³/mol. The van der Waals surface area contributed by atoms with E-state index >= 15 is 0 Å². The molecule has 1 aliphatic carbocycles. The molecule has 0 aliphatic heterocycles. The van der Waals surface area contributed by atoms with E-state index in [9.17, 15) is 4.79 Å². The minimum absolute atomic E-state index is 0.0557. The summed E-state index contributed by atoms with van der Waals surface area (Å²) in [5, 5.41) is 3.38. The first-order chi connectivity index (χ1) is 8.15. The molecule has 3 N–H and O–H groups in total. The van der Waals surface area contributed by atoms with Gasteiger partial charge in [0.2, 0.25) is 5.91 Å². The molecule has 0 aromatic carbocycles. The molecule has 1 heterocycles. The molecule has 92 valence electrons. The molecule has 2 rings (SSSR count). The van der Waals surface area contributed by atoms with Gasteiger partial charge in [0.15, 0.2) is 0 Å². The summed E-state index contributed by atoms with van der Waals surface area (Å²) in [5.41, 5.74) is 6.26. The molecule has 0 saturated heterocycles. The van der Waals surface area contributed by atoms with Gasteiger partial charge < -0.3 is 11.1 Å². The maximum absolute atomic E-state index is 11.0. The van der Waals surface area contributed by atoms with E-state index in [0.717, 1.165) is 37.2 Å². The number of anilines is 1. The number of nitrogens with zero attached hydrogens (tertiary/aromatic N) is 2. The summed E-state index contributed by atoms with van der Waals surface area (Å²) in [7, 11) is 0. The van der Waals surface area contributed by atoms with Crippen LogP contribution >= 0.6 is 0 Å². The zero-order valence-corrected chi connectivity index (χ0v) is 10.0. The molecule has 0 radical (unpaired) electrons. The zero-order valence-electron chi connectivity index (χ0n) is 10.0. The van der Waals surface area contributed by atoms with Crippen LogP contribution in [0, 0.1) is 12.8 Å². The van der Waals surface area contributed by atoms with E-state index in [1.165, 1.54) is 0 Å². The lowest BCUT2D eigenvalue weighted by molar-refractivity contribution is -0.122. The van der Waals surface area contributed by atoms with Crippen molar-refractivity contribution >= 4 is 11.7 Å². The molecule has 5 heteroatoms. The Morgan fingerprint density at radius 2 is 2.06 bits per heavy atom. The lowest BCUT2D eigenvalue weighted by Crippen LogP contribution is -2.32. The Morgan fingerprint density at radius 1 is 1.35 bits per heavy atom. The molecular weight excluding hydrogens is 216 g/mol. The average Bonchev–Trinajstić information content (AvgIpc) is 2.29. The van der Waals surface area contributed by atoms with Crippen molar-refractivity contribution < 1.29 is 4.79 Å². The number of amides is 1. The summed E-state index contributed by atoms with van der Waals surface area (Å²) < 4.78 is 0. The van der Waals surface area contributed by atoms with Gasteiger partial charge in [-0.05, 0) is 32.6 Å². The first-order valence-electron chi connectivity index (χ1n) is 5.99. The number of nitrogens with two attached hydrogens (primary N) is 1. The second-order valence-electron chi connectivity index (χ2n) is 4.64. The molecule has 17 heavy (non-hydrogen) atoms. The van der Waals surface area contributed by atoms with Crippen LogP contribution in [0.5, 0.6) is 0 Å². The fourth-order valence-corrected chi connectivity index (χ4v) is 2.26. The van der Waals surface area contributed by atoms with Crippen molar-refractivity contribution in [3.05, 3.63) is 18.1 Å². The van der Waals surface area contributed by atoms with E-state index in [-0.39, 0.29) is 11.8 Å². The van der Waals surface area contributed by atoms with Gasteiger partial charge in [-0.2, -0.15) is 0 Å². The molecule has 1 saturated carbocycles. The van der Waals surface area contributed by atoms with Gasteiger partial charge in [0.05, 0.1) is 0 Å². The van der Waals surface area contributed by atoms with Crippen LogP contribution in [0.15, 0.2) is 12.4 Å². The fourth-order valence-electron chi connectivity index (χ4n) is 2.26. The molecule has 0 bridgehead atoms. The molecule has 0 atom stereocenters. The van der Waals surface area contributed by atoms with E-state index in [1.807, 2.05) is 13.0 Å². The Balaban J connectivity index is 1.88. The minimum Gasteiger partial charge on any atom is -0.369 e. The van der Waals surface area contributed by atoms with Crippen molar-refractivity contribution in [2.45, 2.75) is 38.6 Å². The summed E-state index contributed by atoms with van der Waals surface area (Å²) >= 11 is 0. The Hall–Kier alpha value is -1.65. The number of nitrogens with one attached hydrogen (secondary N) is 1. The summed E-state index contributed by atoms with van der Waals surface area (Å²) in [6.07, 6.45) is 5.24. The third kappa shape index (κ3) is 3.15. The quantitative estimate of drug-likeness (QED) is 0.824. The lowest BCUT2D eigenvalue weighted by Gasteiger charge is -2.27. The molecule has 1 aromatic heterocycles. The molecule has 5 nitrogen and oxygen atoms in total. The maximum atomic E-state index is 11.0. The lowest BCUT2D eigenvalue weighted by atomic mass is 9.85. The van der Waals surface area contributed by atoms with Gasteiger partial charge in [-0.15, -0.1) is 0 Å². The number of hydrogen-bond acceptors (Lipinski definition) is 4. The van der Waals surface area contributed by atoms with Gasteiger partial charge in [-0.3, -0.25) is 4.79 Å². The smallest absolute Gasteiger partial charge is 0.220 e. The SMILES string of the molecule is Cc1cc(N[C@H]2CC[C@@H](C(N)=O)CC2)ncn1. The molecule has 1 fully saturated rings. The highest BCUT2D eigenvalue weighted by Crippen LogP contribution is 2.25. The number of aryl methyl sites for hydroxylation is 1. The molecule has 0 unspecified atom stereocenters. The Bertz CT molecular complexity index is 399. The van der Waals surface area contributed by atoms with Crippen LogP contribution in [0.25, 0.3) is 0 Å². The average molecular weight is 234 g/mol.